The van der Waals surface area contributed by atoms with Gasteiger partial charge in [-0.3, -0.25) is 0 Å². The van der Waals surface area contributed by atoms with Crippen molar-refractivity contribution < 1.29 is 24.2 Å². The van der Waals surface area contributed by atoms with Crippen molar-refractivity contribution in [2.45, 2.75) is 64.4 Å². The zero-order valence-electron chi connectivity index (χ0n) is 26.4. The summed E-state index contributed by atoms with van der Waals surface area (Å²) in [6.45, 7) is 9.30. The van der Waals surface area contributed by atoms with Crippen LogP contribution in [0.15, 0.2) is 73.4 Å². The van der Waals surface area contributed by atoms with E-state index in [0.717, 1.165) is 54.7 Å². The molecule has 9 heteroatoms. The maximum absolute atomic E-state index is 12.3. The highest BCUT2D eigenvalue weighted by Crippen LogP contribution is 2.42. The van der Waals surface area contributed by atoms with Gasteiger partial charge in [0.1, 0.15) is 24.0 Å². The quantitative estimate of drug-likeness (QED) is 0.185. The summed E-state index contributed by atoms with van der Waals surface area (Å²) >= 11 is 0. The smallest absolute Gasteiger partial charge is 0.410 e. The summed E-state index contributed by atoms with van der Waals surface area (Å²) in [7, 11) is 0. The molecule has 0 bridgehead atoms. The molecule has 1 amide bonds. The fraction of sp³-hybridized carbons (Fsp3) is 0.351. The molecule has 1 N–H and O–H groups in total. The van der Waals surface area contributed by atoms with E-state index < -0.39 is 5.97 Å². The molecule has 0 saturated carbocycles. The number of fused-ring (bicyclic) bond motifs is 1. The van der Waals surface area contributed by atoms with Gasteiger partial charge in [-0.05, 0) is 85.4 Å². The maximum Gasteiger partial charge on any atom is 0.410 e. The lowest BCUT2D eigenvalue weighted by molar-refractivity contribution is 0.0695. The summed E-state index contributed by atoms with van der Waals surface area (Å²) in [5.41, 5.74) is 7.62. The van der Waals surface area contributed by atoms with E-state index in [-0.39, 0.29) is 24.4 Å². The van der Waals surface area contributed by atoms with Crippen LogP contribution < -0.4 is 4.74 Å². The molecule has 4 aromatic rings. The average molecular weight is 621 g/mol. The molecule has 2 aliphatic rings. The Labute approximate surface area is 269 Å². The van der Waals surface area contributed by atoms with Crippen molar-refractivity contribution >= 4 is 12.1 Å². The van der Waals surface area contributed by atoms with E-state index in [1.807, 2.05) is 25.1 Å². The van der Waals surface area contributed by atoms with Gasteiger partial charge < -0.3 is 19.5 Å². The number of benzene rings is 2. The van der Waals surface area contributed by atoms with E-state index in [1.165, 1.54) is 22.9 Å². The predicted molar refractivity (Wildman–Crippen MR) is 176 cm³/mol. The number of aryl methyl sites for hydroxylation is 2. The number of carbonyl (C=O) groups excluding carboxylic acids is 1. The molecule has 1 unspecified atom stereocenters. The summed E-state index contributed by atoms with van der Waals surface area (Å²) in [6.07, 6.45) is 7.60. The Morgan fingerprint density at radius 1 is 1.04 bits per heavy atom. The first-order valence-corrected chi connectivity index (χ1v) is 16.1. The second kappa shape index (κ2) is 13.6. The van der Waals surface area contributed by atoms with Gasteiger partial charge >= 0.3 is 12.1 Å². The number of carboxylic acids is 1. The van der Waals surface area contributed by atoms with Gasteiger partial charge in [0.2, 0.25) is 0 Å². The van der Waals surface area contributed by atoms with Gasteiger partial charge in [0.25, 0.3) is 0 Å². The van der Waals surface area contributed by atoms with E-state index in [2.05, 4.69) is 55.0 Å². The fourth-order valence-corrected chi connectivity index (χ4v) is 6.88. The van der Waals surface area contributed by atoms with Crippen LogP contribution in [0.2, 0.25) is 0 Å². The first-order chi connectivity index (χ1) is 22.4. The van der Waals surface area contributed by atoms with Crippen molar-refractivity contribution in [1.82, 2.24) is 19.7 Å². The standard InChI is InChI=1S/C37H40N4O5/c1-4-21-45-37(44)40-19-17-25(18-20-40)28-15-14-27(22-24(28)5-2)46-33-16-13-26-9-7-10-29(35(26)33)31-11-8-12-34(39-31)41-32(6-3)30(23-38-41)36(42)43/h4,7-12,14-15,22-23,25,33H,1,5-6,13,16-21H2,2-3H3,(H,42,43). The van der Waals surface area contributed by atoms with E-state index in [9.17, 15) is 14.7 Å². The van der Waals surface area contributed by atoms with Crippen molar-refractivity contribution in [1.29, 1.82) is 0 Å². The molecule has 6 rings (SSSR count). The molecule has 2 aromatic carbocycles. The number of aromatic carboxylic acids is 1. The number of carbonyl (C=O) groups is 2. The van der Waals surface area contributed by atoms with Crippen LogP contribution in [0.25, 0.3) is 17.1 Å². The number of rotatable bonds is 10. The molecule has 1 fully saturated rings. The molecule has 1 atom stereocenters. The first kappa shape index (κ1) is 31.1. The summed E-state index contributed by atoms with van der Waals surface area (Å²) in [5, 5.41) is 14.0. The number of amides is 1. The molecular formula is C37H40N4O5. The van der Waals surface area contributed by atoms with Gasteiger partial charge in [0.05, 0.1) is 17.6 Å². The van der Waals surface area contributed by atoms with Crippen molar-refractivity contribution in [3.8, 4) is 22.8 Å². The molecule has 2 aromatic heterocycles. The lowest BCUT2D eigenvalue weighted by atomic mass is 9.86. The normalized spacial score (nSPS) is 16.2. The molecule has 9 nitrogen and oxygen atoms in total. The van der Waals surface area contributed by atoms with E-state index in [1.54, 1.807) is 15.7 Å². The van der Waals surface area contributed by atoms with E-state index >= 15 is 0 Å². The number of hydrogen-bond acceptors (Lipinski definition) is 6. The van der Waals surface area contributed by atoms with Crippen LogP contribution in [0, 0.1) is 0 Å². The van der Waals surface area contributed by atoms with Crippen LogP contribution >= 0.6 is 0 Å². The van der Waals surface area contributed by atoms with Gasteiger partial charge in [-0.15, -0.1) is 0 Å². The summed E-state index contributed by atoms with van der Waals surface area (Å²) < 4.78 is 13.6. The van der Waals surface area contributed by atoms with Gasteiger partial charge in [0, 0.05) is 24.2 Å². The maximum atomic E-state index is 12.3. The summed E-state index contributed by atoms with van der Waals surface area (Å²) in [5.74, 6) is 0.828. The van der Waals surface area contributed by atoms with Crippen LogP contribution in [0.1, 0.15) is 83.4 Å². The number of ether oxygens (including phenoxy) is 2. The second-order valence-electron chi connectivity index (χ2n) is 11.8. The highest BCUT2D eigenvalue weighted by Gasteiger charge is 2.30. The Morgan fingerprint density at radius 3 is 2.59 bits per heavy atom. The van der Waals surface area contributed by atoms with Crippen molar-refractivity contribution in [2.24, 2.45) is 0 Å². The van der Waals surface area contributed by atoms with E-state index in [4.69, 9.17) is 14.5 Å². The first-order valence-electron chi connectivity index (χ1n) is 16.1. The largest absolute Gasteiger partial charge is 0.486 e. The van der Waals surface area contributed by atoms with E-state index in [0.29, 0.717) is 36.9 Å². The molecule has 1 aliphatic carbocycles. The molecule has 238 valence electrons. The molecule has 3 heterocycles. The number of pyridine rings is 1. The van der Waals surface area contributed by atoms with Crippen LogP contribution in [0.3, 0.4) is 0 Å². The van der Waals surface area contributed by atoms with Gasteiger partial charge in [-0.1, -0.05) is 56.8 Å². The highest BCUT2D eigenvalue weighted by molar-refractivity contribution is 5.88. The summed E-state index contributed by atoms with van der Waals surface area (Å²) in [6, 6.07) is 18.6. The topological polar surface area (TPSA) is 107 Å². The predicted octanol–water partition coefficient (Wildman–Crippen LogP) is 7.33. The number of carboxylic acid groups (broad SMARTS) is 1. The van der Waals surface area contributed by atoms with Gasteiger partial charge in [-0.25, -0.2) is 19.3 Å². The van der Waals surface area contributed by atoms with Crippen LogP contribution in [-0.4, -0.2) is 56.5 Å². The highest BCUT2D eigenvalue weighted by atomic mass is 16.6. The third-order valence-corrected chi connectivity index (χ3v) is 9.15. The second-order valence-corrected chi connectivity index (χ2v) is 11.8. The Balaban J connectivity index is 1.22. The number of aromatic nitrogens is 3. The lowest BCUT2D eigenvalue weighted by Crippen LogP contribution is -2.38. The van der Waals surface area contributed by atoms with Crippen molar-refractivity contribution in [3.63, 3.8) is 0 Å². The van der Waals surface area contributed by atoms with Crippen LogP contribution in [-0.2, 0) is 24.0 Å². The van der Waals surface area contributed by atoms with Gasteiger partial charge in [-0.2, -0.15) is 5.10 Å². The van der Waals surface area contributed by atoms with Crippen LogP contribution in [0.4, 0.5) is 4.79 Å². The Morgan fingerprint density at radius 2 is 1.85 bits per heavy atom. The molecule has 0 spiro atoms. The fourth-order valence-electron chi connectivity index (χ4n) is 6.88. The summed E-state index contributed by atoms with van der Waals surface area (Å²) in [4.78, 5) is 30.7. The molecule has 1 saturated heterocycles. The number of hydrogen-bond donors (Lipinski definition) is 1. The molecule has 46 heavy (non-hydrogen) atoms. The average Bonchev–Trinajstić information content (AvgIpc) is 3.72. The molecule has 0 radical (unpaired) electrons. The zero-order valence-corrected chi connectivity index (χ0v) is 26.4. The molecule has 1 aliphatic heterocycles. The Kier molecular flexibility index (Phi) is 9.19. The SMILES string of the molecule is C=CCOC(=O)N1CCC(c2ccc(OC3CCc4cccc(-c5cccc(-n6ncc(C(=O)O)c6CC)n5)c43)cc2CC)CC1. The van der Waals surface area contributed by atoms with Crippen molar-refractivity contribution in [3.05, 3.63) is 107 Å². The number of likely N-dealkylation sites (tertiary alicyclic amines) is 1. The van der Waals surface area contributed by atoms with Crippen molar-refractivity contribution in [2.75, 3.05) is 19.7 Å². The van der Waals surface area contributed by atoms with Gasteiger partial charge in [0.15, 0.2) is 5.82 Å². The number of nitrogens with zero attached hydrogens (tertiary/aromatic N) is 4. The third kappa shape index (κ3) is 6.14. The Bertz CT molecular complexity index is 1750. The minimum Gasteiger partial charge on any atom is -0.486 e. The molecular weight excluding hydrogens is 580 g/mol. The van der Waals surface area contributed by atoms with Crippen LogP contribution in [0.5, 0.6) is 5.75 Å². The monoisotopic (exact) mass is 620 g/mol. The minimum atomic E-state index is -0.994. The number of piperidine rings is 1. The Hall–Kier alpha value is -4.92. The zero-order chi connectivity index (χ0) is 32.2. The lowest BCUT2D eigenvalue weighted by Gasteiger charge is -2.32. The minimum absolute atomic E-state index is 0.119. The third-order valence-electron chi connectivity index (χ3n) is 9.15.